The van der Waals surface area contributed by atoms with Gasteiger partial charge in [-0.05, 0) is 41.7 Å². The van der Waals surface area contributed by atoms with Gasteiger partial charge in [-0.2, -0.15) is 0 Å². The lowest BCUT2D eigenvalue weighted by atomic mass is 10.0. The van der Waals surface area contributed by atoms with Crippen molar-refractivity contribution < 1.29 is 4.39 Å². The Morgan fingerprint density at radius 2 is 2.23 bits per heavy atom. The van der Waals surface area contributed by atoms with Crippen LogP contribution in [0.5, 0.6) is 0 Å². The zero-order chi connectivity index (χ0) is 9.26. The highest BCUT2D eigenvalue weighted by atomic mass is 35.5. The standard InChI is InChI=1S/C11H10ClF/c12-6-5-8-1-2-9-7-10(13)3-4-11(8)9/h1,3-4,7H,2,5-6H2. The van der Waals surface area contributed by atoms with Crippen molar-refractivity contribution in [2.24, 2.45) is 0 Å². The summed E-state index contributed by atoms with van der Waals surface area (Å²) in [5.41, 5.74) is 3.51. The average Bonchev–Trinajstić information content (AvgIpc) is 2.49. The first kappa shape index (κ1) is 8.76. The van der Waals surface area contributed by atoms with Gasteiger partial charge >= 0.3 is 0 Å². The summed E-state index contributed by atoms with van der Waals surface area (Å²) < 4.78 is 12.8. The monoisotopic (exact) mass is 196 g/mol. The van der Waals surface area contributed by atoms with E-state index < -0.39 is 0 Å². The third-order valence-electron chi connectivity index (χ3n) is 2.35. The second-order valence-electron chi connectivity index (χ2n) is 3.17. The smallest absolute Gasteiger partial charge is 0.123 e. The van der Waals surface area contributed by atoms with E-state index in [2.05, 4.69) is 6.08 Å². The van der Waals surface area contributed by atoms with Gasteiger partial charge in [-0.1, -0.05) is 12.1 Å². The molecule has 0 radical (unpaired) electrons. The fourth-order valence-electron chi connectivity index (χ4n) is 1.73. The minimum absolute atomic E-state index is 0.153. The van der Waals surface area contributed by atoms with Crippen LogP contribution in [0.15, 0.2) is 24.3 Å². The lowest BCUT2D eigenvalue weighted by Gasteiger charge is -2.03. The van der Waals surface area contributed by atoms with Gasteiger partial charge in [-0.3, -0.25) is 0 Å². The third-order valence-corrected chi connectivity index (χ3v) is 2.53. The number of benzene rings is 1. The number of hydrogen-bond acceptors (Lipinski definition) is 0. The molecule has 0 fully saturated rings. The fourth-order valence-corrected chi connectivity index (χ4v) is 1.93. The Morgan fingerprint density at radius 3 is 3.00 bits per heavy atom. The maximum atomic E-state index is 12.8. The van der Waals surface area contributed by atoms with E-state index in [1.165, 1.54) is 17.2 Å². The van der Waals surface area contributed by atoms with Crippen LogP contribution in [-0.4, -0.2) is 5.88 Å². The molecule has 0 amide bonds. The zero-order valence-electron chi connectivity index (χ0n) is 7.19. The van der Waals surface area contributed by atoms with Crippen molar-refractivity contribution in [3.8, 4) is 0 Å². The van der Waals surface area contributed by atoms with Crippen molar-refractivity contribution in [2.75, 3.05) is 5.88 Å². The molecule has 1 aliphatic carbocycles. The highest BCUT2D eigenvalue weighted by Crippen LogP contribution is 2.30. The van der Waals surface area contributed by atoms with Crippen LogP contribution in [0.2, 0.25) is 0 Å². The van der Waals surface area contributed by atoms with Crippen molar-refractivity contribution in [2.45, 2.75) is 12.8 Å². The maximum absolute atomic E-state index is 12.8. The average molecular weight is 197 g/mol. The van der Waals surface area contributed by atoms with Gasteiger partial charge in [-0.25, -0.2) is 4.39 Å². The third kappa shape index (κ3) is 1.61. The van der Waals surface area contributed by atoms with Crippen LogP contribution in [0.4, 0.5) is 4.39 Å². The minimum Gasteiger partial charge on any atom is -0.207 e. The molecular formula is C11H10ClF. The summed E-state index contributed by atoms with van der Waals surface area (Å²) in [6.07, 6.45) is 3.85. The quantitative estimate of drug-likeness (QED) is 0.636. The highest BCUT2D eigenvalue weighted by molar-refractivity contribution is 6.18. The first-order chi connectivity index (χ1) is 6.31. The molecule has 0 heterocycles. The molecule has 0 aliphatic heterocycles. The van der Waals surface area contributed by atoms with Crippen LogP contribution in [0, 0.1) is 5.82 Å². The molecule has 1 aromatic rings. The molecule has 13 heavy (non-hydrogen) atoms. The van der Waals surface area contributed by atoms with E-state index in [-0.39, 0.29) is 5.82 Å². The number of alkyl halides is 1. The minimum atomic E-state index is -0.153. The number of fused-ring (bicyclic) bond motifs is 1. The first-order valence-electron chi connectivity index (χ1n) is 4.35. The molecule has 0 unspecified atom stereocenters. The fraction of sp³-hybridized carbons (Fsp3) is 0.273. The van der Waals surface area contributed by atoms with Gasteiger partial charge in [0.25, 0.3) is 0 Å². The van der Waals surface area contributed by atoms with Crippen LogP contribution in [0.25, 0.3) is 5.57 Å². The molecule has 2 heteroatoms. The first-order valence-corrected chi connectivity index (χ1v) is 4.88. The predicted molar refractivity (Wildman–Crippen MR) is 53.4 cm³/mol. The zero-order valence-corrected chi connectivity index (χ0v) is 7.94. The number of hydrogen-bond donors (Lipinski definition) is 0. The second-order valence-corrected chi connectivity index (χ2v) is 3.55. The Hall–Kier alpha value is -0.820. The predicted octanol–water partition coefficient (Wildman–Crippen LogP) is 3.39. The van der Waals surface area contributed by atoms with E-state index in [1.54, 1.807) is 6.07 Å². The molecule has 0 saturated carbocycles. The van der Waals surface area contributed by atoms with Crippen molar-refractivity contribution in [3.63, 3.8) is 0 Å². The molecule has 2 rings (SSSR count). The van der Waals surface area contributed by atoms with Gasteiger partial charge < -0.3 is 0 Å². The molecule has 0 atom stereocenters. The Morgan fingerprint density at radius 1 is 1.38 bits per heavy atom. The molecule has 0 bridgehead atoms. The number of rotatable bonds is 2. The van der Waals surface area contributed by atoms with Crippen molar-refractivity contribution >= 4 is 17.2 Å². The van der Waals surface area contributed by atoms with Gasteiger partial charge in [0.15, 0.2) is 0 Å². The summed E-state index contributed by atoms with van der Waals surface area (Å²) in [5, 5.41) is 0. The van der Waals surface area contributed by atoms with E-state index in [1.807, 2.05) is 6.07 Å². The summed E-state index contributed by atoms with van der Waals surface area (Å²) in [4.78, 5) is 0. The SMILES string of the molecule is Fc1ccc2c(c1)CC=C2CCCl. The summed E-state index contributed by atoms with van der Waals surface area (Å²) in [7, 11) is 0. The van der Waals surface area contributed by atoms with E-state index in [9.17, 15) is 4.39 Å². The van der Waals surface area contributed by atoms with E-state index in [0.29, 0.717) is 5.88 Å². The lowest BCUT2D eigenvalue weighted by molar-refractivity contribution is 0.626. The normalized spacial score (nSPS) is 14.2. The van der Waals surface area contributed by atoms with Crippen molar-refractivity contribution in [1.82, 2.24) is 0 Å². The van der Waals surface area contributed by atoms with Crippen LogP contribution >= 0.6 is 11.6 Å². The Bertz CT molecular complexity index is 355. The van der Waals surface area contributed by atoms with E-state index in [4.69, 9.17) is 11.6 Å². The number of halogens is 2. The van der Waals surface area contributed by atoms with Crippen molar-refractivity contribution in [3.05, 3.63) is 41.2 Å². The van der Waals surface area contributed by atoms with Gasteiger partial charge in [-0.15, -0.1) is 11.6 Å². The Kier molecular flexibility index (Phi) is 2.36. The molecule has 0 N–H and O–H groups in total. The van der Waals surface area contributed by atoms with Gasteiger partial charge in [0.2, 0.25) is 0 Å². The largest absolute Gasteiger partial charge is 0.207 e. The van der Waals surface area contributed by atoms with E-state index >= 15 is 0 Å². The Balaban J connectivity index is 2.34. The molecule has 68 valence electrons. The summed E-state index contributed by atoms with van der Waals surface area (Å²) in [5.74, 6) is 0.474. The number of allylic oxidation sites excluding steroid dienone is 2. The lowest BCUT2D eigenvalue weighted by Crippen LogP contribution is -1.87. The summed E-state index contributed by atoms with van der Waals surface area (Å²) in [6, 6.07) is 4.95. The molecular weight excluding hydrogens is 187 g/mol. The van der Waals surface area contributed by atoms with Crippen LogP contribution in [-0.2, 0) is 6.42 Å². The summed E-state index contributed by atoms with van der Waals surface area (Å²) >= 11 is 5.66. The van der Waals surface area contributed by atoms with Gasteiger partial charge in [0.1, 0.15) is 5.82 Å². The van der Waals surface area contributed by atoms with Crippen LogP contribution in [0.1, 0.15) is 17.5 Å². The van der Waals surface area contributed by atoms with E-state index in [0.717, 1.165) is 18.4 Å². The van der Waals surface area contributed by atoms with Crippen LogP contribution < -0.4 is 0 Å². The molecule has 0 nitrogen and oxygen atoms in total. The molecule has 0 spiro atoms. The second kappa shape index (κ2) is 3.51. The molecule has 0 aromatic heterocycles. The molecule has 1 aliphatic rings. The Labute approximate surface area is 82.0 Å². The topological polar surface area (TPSA) is 0 Å². The van der Waals surface area contributed by atoms with Gasteiger partial charge in [0.05, 0.1) is 0 Å². The molecule has 1 aromatic carbocycles. The highest BCUT2D eigenvalue weighted by Gasteiger charge is 2.13. The molecule has 0 saturated heterocycles. The van der Waals surface area contributed by atoms with Crippen LogP contribution in [0.3, 0.4) is 0 Å². The van der Waals surface area contributed by atoms with Crippen molar-refractivity contribution in [1.29, 1.82) is 0 Å². The maximum Gasteiger partial charge on any atom is 0.123 e. The van der Waals surface area contributed by atoms with Gasteiger partial charge in [0, 0.05) is 5.88 Å². The summed E-state index contributed by atoms with van der Waals surface area (Å²) in [6.45, 7) is 0.